The molecule has 8 heteroatoms. The van der Waals surface area contributed by atoms with Gasteiger partial charge in [-0.25, -0.2) is 0 Å². The first kappa shape index (κ1) is 21.6. The topological polar surface area (TPSA) is 59.6 Å². The van der Waals surface area contributed by atoms with Crippen molar-refractivity contribution in [3.05, 3.63) is 0 Å². The van der Waals surface area contributed by atoms with Crippen molar-refractivity contribution in [2.75, 3.05) is 26.2 Å². The highest BCUT2D eigenvalue weighted by Gasteiger charge is 2.43. The lowest BCUT2D eigenvalue weighted by atomic mass is 9.88. The molecule has 24 heavy (non-hydrogen) atoms. The molecule has 0 spiro atoms. The van der Waals surface area contributed by atoms with Gasteiger partial charge in [0.25, 0.3) is 0 Å². The molecule has 0 amide bonds. The molecule has 4 atom stereocenters. The van der Waals surface area contributed by atoms with Crippen molar-refractivity contribution in [2.45, 2.75) is 71.4 Å². The van der Waals surface area contributed by atoms with Crippen LogP contribution in [-0.2, 0) is 0 Å². The molecular weight excluding hydrogens is 321 g/mol. The third-order valence-electron chi connectivity index (χ3n) is 4.14. The summed E-state index contributed by atoms with van der Waals surface area (Å²) in [6.45, 7) is 10.9. The summed E-state index contributed by atoms with van der Waals surface area (Å²) in [5.74, 6) is 0. The van der Waals surface area contributed by atoms with Gasteiger partial charge in [-0.05, 0) is 25.7 Å². The third kappa shape index (κ3) is 8.11. The number of rotatable bonds is 1. The molecule has 144 valence electrons. The minimum atomic E-state index is -4.48. The lowest BCUT2D eigenvalue weighted by Gasteiger charge is -2.34. The van der Waals surface area contributed by atoms with E-state index in [1.54, 1.807) is 6.92 Å². The molecule has 0 bridgehead atoms. The molecule has 1 rings (SSSR count). The number of hydrogen-bond acceptors (Lipinski definition) is 5. The van der Waals surface area contributed by atoms with Crippen LogP contribution in [0.25, 0.3) is 0 Å². The number of hydroxylamine groups is 2. The zero-order valence-electron chi connectivity index (χ0n) is 15.4. The summed E-state index contributed by atoms with van der Waals surface area (Å²) in [6, 6.07) is -2.06. The molecule has 4 unspecified atom stereocenters. The van der Waals surface area contributed by atoms with Gasteiger partial charge in [0.15, 0.2) is 0 Å². The molecule has 1 fully saturated rings. The van der Waals surface area contributed by atoms with Crippen LogP contribution in [-0.4, -0.2) is 66.8 Å². The Morgan fingerprint density at radius 1 is 0.958 bits per heavy atom. The number of halogens is 3. The van der Waals surface area contributed by atoms with E-state index in [2.05, 4.69) is 36.7 Å². The molecule has 0 radical (unpaired) electrons. The minimum absolute atomic E-state index is 0.0809. The highest BCUT2D eigenvalue weighted by molar-refractivity contribution is 4.84. The van der Waals surface area contributed by atoms with E-state index in [0.29, 0.717) is 18.2 Å². The molecule has 0 aromatic carbocycles. The van der Waals surface area contributed by atoms with Crippen molar-refractivity contribution in [3.63, 3.8) is 0 Å². The Bertz CT molecular complexity index is 373. The highest BCUT2D eigenvalue weighted by atomic mass is 19.4. The lowest BCUT2D eigenvalue weighted by Crippen LogP contribution is -2.57. The molecule has 0 aromatic rings. The molecule has 1 aliphatic heterocycles. The number of nitrogens with zero attached hydrogens (tertiary/aromatic N) is 1. The maximum absolute atomic E-state index is 13.1. The van der Waals surface area contributed by atoms with E-state index in [0.717, 1.165) is 6.42 Å². The van der Waals surface area contributed by atoms with E-state index in [1.165, 1.54) is 0 Å². The van der Waals surface area contributed by atoms with E-state index in [1.807, 2.05) is 6.92 Å². The minimum Gasteiger partial charge on any atom is -0.313 e. The number of hydrogen-bond donors (Lipinski definition) is 4. The van der Waals surface area contributed by atoms with Gasteiger partial charge in [-0.2, -0.15) is 18.2 Å². The Labute approximate surface area is 143 Å². The molecule has 1 heterocycles. The number of alkyl halides is 3. The lowest BCUT2D eigenvalue weighted by molar-refractivity contribution is -0.251. The molecule has 1 aliphatic rings. The maximum Gasteiger partial charge on any atom is 0.407 e. The maximum atomic E-state index is 13.1. The van der Waals surface area contributed by atoms with E-state index in [4.69, 9.17) is 0 Å². The fourth-order valence-electron chi connectivity index (χ4n) is 2.89. The molecule has 0 saturated carbocycles. The van der Waals surface area contributed by atoms with Gasteiger partial charge in [0.05, 0.1) is 0 Å². The Kier molecular flexibility index (Phi) is 7.93. The summed E-state index contributed by atoms with van der Waals surface area (Å²) in [5, 5.41) is 19.9. The van der Waals surface area contributed by atoms with Crippen LogP contribution in [0.15, 0.2) is 0 Å². The van der Waals surface area contributed by atoms with Crippen LogP contribution in [0.5, 0.6) is 0 Å². The second-order valence-corrected chi connectivity index (χ2v) is 8.17. The fraction of sp³-hybridized carbons (Fsp3) is 1.00. The zero-order valence-corrected chi connectivity index (χ0v) is 15.4. The van der Waals surface area contributed by atoms with E-state index >= 15 is 0 Å². The molecule has 5 nitrogen and oxygen atoms in total. The molecule has 0 aliphatic carbocycles. The standard InChI is InChI=1S/C16H33F3N4O/c1-11-7-22-13(6-15(3,4)5)8-20-12(2)10-23(24)14(9-21-11)16(17,18)19/h11-14,20-22,24H,6-10H2,1-5H3. The first-order chi connectivity index (χ1) is 10.9. The van der Waals surface area contributed by atoms with Crippen molar-refractivity contribution in [1.82, 2.24) is 21.0 Å². The zero-order chi connectivity index (χ0) is 18.5. The van der Waals surface area contributed by atoms with Crippen LogP contribution in [0.1, 0.15) is 41.0 Å². The Hall–Kier alpha value is -0.410. The fourth-order valence-corrected chi connectivity index (χ4v) is 2.89. The Balaban J connectivity index is 2.79. The van der Waals surface area contributed by atoms with Gasteiger partial charge in [-0.15, -0.1) is 0 Å². The molecule has 4 N–H and O–H groups in total. The summed E-state index contributed by atoms with van der Waals surface area (Å²) in [6.07, 6.45) is -3.53. The van der Waals surface area contributed by atoms with Crippen molar-refractivity contribution in [3.8, 4) is 0 Å². The van der Waals surface area contributed by atoms with Gasteiger partial charge in [0, 0.05) is 44.3 Å². The van der Waals surface area contributed by atoms with Gasteiger partial charge >= 0.3 is 6.18 Å². The largest absolute Gasteiger partial charge is 0.407 e. The van der Waals surface area contributed by atoms with Gasteiger partial charge in [0.1, 0.15) is 6.04 Å². The summed E-state index contributed by atoms with van der Waals surface area (Å²) in [4.78, 5) is 0. The summed E-state index contributed by atoms with van der Waals surface area (Å²) < 4.78 is 39.4. The Morgan fingerprint density at radius 3 is 2.08 bits per heavy atom. The normalized spacial score (nSPS) is 32.9. The smallest absolute Gasteiger partial charge is 0.313 e. The monoisotopic (exact) mass is 354 g/mol. The van der Waals surface area contributed by atoms with Crippen LogP contribution in [0.4, 0.5) is 13.2 Å². The van der Waals surface area contributed by atoms with E-state index in [9.17, 15) is 18.4 Å². The molecule has 0 aromatic heterocycles. The SMILES string of the molecule is CC1CNC(CC(C)(C)C)CNC(C)CN(O)C(C(F)(F)F)CN1. The second kappa shape index (κ2) is 8.80. The third-order valence-corrected chi connectivity index (χ3v) is 4.14. The van der Waals surface area contributed by atoms with E-state index < -0.39 is 12.2 Å². The number of nitrogens with one attached hydrogen (secondary N) is 3. The molecule has 1 saturated heterocycles. The second-order valence-electron chi connectivity index (χ2n) is 8.17. The van der Waals surface area contributed by atoms with Crippen LogP contribution in [0.2, 0.25) is 0 Å². The Morgan fingerprint density at radius 2 is 1.54 bits per heavy atom. The highest BCUT2D eigenvalue weighted by Crippen LogP contribution is 2.24. The molecular formula is C16H33F3N4O. The van der Waals surface area contributed by atoms with Crippen molar-refractivity contribution in [2.24, 2.45) is 5.41 Å². The van der Waals surface area contributed by atoms with Gasteiger partial charge < -0.3 is 21.2 Å². The summed E-state index contributed by atoms with van der Waals surface area (Å²) in [5.41, 5.74) is 0.153. The average molecular weight is 354 g/mol. The van der Waals surface area contributed by atoms with Gasteiger partial charge in [-0.3, -0.25) is 0 Å². The predicted molar refractivity (Wildman–Crippen MR) is 89.1 cm³/mol. The summed E-state index contributed by atoms with van der Waals surface area (Å²) >= 11 is 0. The average Bonchev–Trinajstić information content (AvgIpc) is 2.38. The van der Waals surface area contributed by atoms with Crippen molar-refractivity contribution < 1.29 is 18.4 Å². The van der Waals surface area contributed by atoms with Crippen LogP contribution < -0.4 is 16.0 Å². The van der Waals surface area contributed by atoms with Crippen LogP contribution in [0, 0.1) is 5.41 Å². The predicted octanol–water partition coefficient (Wildman–Crippen LogP) is 1.97. The summed E-state index contributed by atoms with van der Waals surface area (Å²) in [7, 11) is 0. The van der Waals surface area contributed by atoms with Gasteiger partial charge in [0.2, 0.25) is 0 Å². The van der Waals surface area contributed by atoms with Crippen LogP contribution in [0.3, 0.4) is 0 Å². The first-order valence-electron chi connectivity index (χ1n) is 8.61. The van der Waals surface area contributed by atoms with Crippen molar-refractivity contribution in [1.29, 1.82) is 0 Å². The van der Waals surface area contributed by atoms with E-state index in [-0.39, 0.29) is 36.6 Å². The van der Waals surface area contributed by atoms with Gasteiger partial charge in [-0.1, -0.05) is 20.8 Å². The first-order valence-corrected chi connectivity index (χ1v) is 8.61. The van der Waals surface area contributed by atoms with Crippen molar-refractivity contribution >= 4 is 0 Å². The van der Waals surface area contributed by atoms with Crippen LogP contribution >= 0.6 is 0 Å². The quantitative estimate of drug-likeness (QED) is 0.580.